The van der Waals surface area contributed by atoms with Crippen molar-refractivity contribution >= 4 is 23.2 Å². The highest BCUT2D eigenvalue weighted by Crippen LogP contribution is 2.46. The summed E-state index contributed by atoms with van der Waals surface area (Å²) in [6.07, 6.45) is 0.607. The number of nitrogens with one attached hydrogen (secondary N) is 1. The number of rotatable bonds is 9. The molecule has 190 valence electrons. The van der Waals surface area contributed by atoms with E-state index in [4.69, 9.17) is 18.9 Å². The number of hydrogen-bond donors (Lipinski definition) is 1. The number of carbonyl (C=O) groups is 2. The number of nitrogens with zero attached hydrogens (tertiary/aromatic N) is 1. The van der Waals surface area contributed by atoms with Crippen molar-refractivity contribution in [3.63, 3.8) is 0 Å². The van der Waals surface area contributed by atoms with Gasteiger partial charge >= 0.3 is 0 Å². The van der Waals surface area contributed by atoms with Crippen molar-refractivity contribution in [1.82, 2.24) is 10.2 Å². The number of likely N-dealkylation sites (N-methyl/N-ethyl adjacent to an activating group) is 1. The van der Waals surface area contributed by atoms with Crippen LogP contribution in [0.3, 0.4) is 0 Å². The van der Waals surface area contributed by atoms with Crippen LogP contribution in [0.25, 0.3) is 0 Å². The molecule has 2 amide bonds. The van der Waals surface area contributed by atoms with Crippen LogP contribution in [0.2, 0.25) is 0 Å². The molecular weight excluding hydrogens is 480 g/mol. The molecule has 1 N–H and O–H groups in total. The van der Waals surface area contributed by atoms with Crippen LogP contribution in [-0.4, -0.2) is 58.7 Å². The summed E-state index contributed by atoms with van der Waals surface area (Å²) in [5.41, 5.74) is 2.06. The summed E-state index contributed by atoms with van der Waals surface area (Å²) in [7, 11) is 7.98. The molecule has 0 bridgehead atoms. The molecule has 0 aliphatic carbocycles. The number of fused-ring (bicyclic) bond motifs is 1. The third kappa shape index (κ3) is 4.70. The summed E-state index contributed by atoms with van der Waals surface area (Å²) in [6.45, 7) is 0.419. The standard InChI is InChI=1S/C27H30N2O6S/c1-29-25(23-7-6-12-36-23)24(17-14-21(34-4)22(35-5)15-18(17)27(29)31)26(30)28-11-10-16-8-9-19(32-2)20(13-16)33-3/h6-9,12-15,24-25H,10-11H2,1-5H3,(H,28,30)/t24-,25-/m1/s1. The van der Waals surface area contributed by atoms with Crippen LogP contribution < -0.4 is 24.3 Å². The van der Waals surface area contributed by atoms with Crippen LogP contribution in [0.15, 0.2) is 47.8 Å². The highest BCUT2D eigenvalue weighted by atomic mass is 32.1. The lowest BCUT2D eigenvalue weighted by molar-refractivity contribution is -0.124. The lowest BCUT2D eigenvalue weighted by atomic mass is 9.81. The van der Waals surface area contributed by atoms with Crippen LogP contribution >= 0.6 is 11.3 Å². The lowest BCUT2D eigenvalue weighted by Crippen LogP contribution is -2.45. The van der Waals surface area contributed by atoms with Gasteiger partial charge in [-0.3, -0.25) is 9.59 Å². The summed E-state index contributed by atoms with van der Waals surface area (Å²) in [4.78, 5) is 29.6. The summed E-state index contributed by atoms with van der Waals surface area (Å²) in [5.74, 6) is 1.26. The molecule has 0 radical (unpaired) electrons. The second-order valence-corrected chi connectivity index (χ2v) is 9.36. The van der Waals surface area contributed by atoms with Gasteiger partial charge in [-0.2, -0.15) is 0 Å². The summed E-state index contributed by atoms with van der Waals surface area (Å²) in [6, 6.07) is 12.5. The molecule has 8 nitrogen and oxygen atoms in total. The second kappa shape index (κ2) is 10.9. The number of amides is 2. The van der Waals surface area contributed by atoms with Gasteiger partial charge in [0.15, 0.2) is 23.0 Å². The fourth-order valence-electron chi connectivity index (χ4n) is 4.62. The van der Waals surface area contributed by atoms with Crippen molar-refractivity contribution in [3.05, 3.63) is 69.4 Å². The molecule has 0 spiro atoms. The first-order valence-electron chi connectivity index (χ1n) is 11.5. The van der Waals surface area contributed by atoms with Gasteiger partial charge < -0.3 is 29.2 Å². The fourth-order valence-corrected chi connectivity index (χ4v) is 5.53. The van der Waals surface area contributed by atoms with Crippen LogP contribution in [0.4, 0.5) is 0 Å². The van der Waals surface area contributed by atoms with Crippen molar-refractivity contribution in [1.29, 1.82) is 0 Å². The predicted octanol–water partition coefficient (Wildman–Crippen LogP) is 4.05. The molecule has 1 aromatic heterocycles. The zero-order chi connectivity index (χ0) is 25.8. The Morgan fingerprint density at radius 1 is 0.944 bits per heavy atom. The zero-order valence-corrected chi connectivity index (χ0v) is 21.8. The average molecular weight is 511 g/mol. The predicted molar refractivity (Wildman–Crippen MR) is 138 cm³/mol. The Kier molecular flexibility index (Phi) is 7.69. The molecule has 9 heteroatoms. The molecule has 3 aromatic rings. The number of hydrogen-bond acceptors (Lipinski definition) is 7. The van der Waals surface area contributed by atoms with E-state index in [2.05, 4.69) is 5.32 Å². The van der Waals surface area contributed by atoms with E-state index in [-0.39, 0.29) is 11.8 Å². The third-order valence-corrected chi connectivity index (χ3v) is 7.40. The van der Waals surface area contributed by atoms with Gasteiger partial charge in [0, 0.05) is 24.0 Å². The molecule has 2 heterocycles. The van der Waals surface area contributed by atoms with E-state index >= 15 is 0 Å². The van der Waals surface area contributed by atoms with Gasteiger partial charge in [-0.25, -0.2) is 0 Å². The third-order valence-electron chi connectivity index (χ3n) is 6.45. The number of benzene rings is 2. The normalized spacial score (nSPS) is 16.8. The highest BCUT2D eigenvalue weighted by Gasteiger charge is 2.44. The van der Waals surface area contributed by atoms with Crippen molar-refractivity contribution in [2.24, 2.45) is 0 Å². The smallest absolute Gasteiger partial charge is 0.254 e. The van der Waals surface area contributed by atoms with E-state index in [0.717, 1.165) is 10.4 Å². The lowest BCUT2D eigenvalue weighted by Gasteiger charge is -2.39. The van der Waals surface area contributed by atoms with Gasteiger partial charge in [-0.05, 0) is 53.3 Å². The van der Waals surface area contributed by atoms with Crippen molar-refractivity contribution in [2.75, 3.05) is 42.0 Å². The number of thiophene rings is 1. The maximum atomic E-state index is 13.7. The van der Waals surface area contributed by atoms with Crippen LogP contribution in [0.5, 0.6) is 23.0 Å². The Balaban J connectivity index is 1.64. The zero-order valence-electron chi connectivity index (χ0n) is 21.0. The van der Waals surface area contributed by atoms with Gasteiger partial charge in [-0.15, -0.1) is 11.3 Å². The van der Waals surface area contributed by atoms with E-state index in [1.54, 1.807) is 38.3 Å². The van der Waals surface area contributed by atoms with E-state index in [9.17, 15) is 9.59 Å². The van der Waals surface area contributed by atoms with Gasteiger partial charge in [-0.1, -0.05) is 12.1 Å². The first-order chi connectivity index (χ1) is 17.4. The minimum atomic E-state index is -0.619. The molecule has 4 rings (SSSR count). The topological polar surface area (TPSA) is 86.3 Å². The molecule has 0 saturated heterocycles. The monoisotopic (exact) mass is 510 g/mol. The van der Waals surface area contributed by atoms with E-state index < -0.39 is 12.0 Å². The van der Waals surface area contributed by atoms with Gasteiger partial charge in [0.2, 0.25) is 5.91 Å². The van der Waals surface area contributed by atoms with Crippen molar-refractivity contribution < 1.29 is 28.5 Å². The molecule has 0 unspecified atom stereocenters. The number of carbonyl (C=O) groups excluding carboxylic acids is 2. The molecule has 2 atom stereocenters. The maximum absolute atomic E-state index is 13.7. The second-order valence-electron chi connectivity index (χ2n) is 8.38. The Labute approximate surface area is 214 Å². The molecular formula is C27H30N2O6S. The number of methoxy groups -OCH3 is 4. The fraction of sp³-hybridized carbons (Fsp3) is 0.333. The maximum Gasteiger partial charge on any atom is 0.254 e. The van der Waals surface area contributed by atoms with E-state index in [0.29, 0.717) is 47.1 Å². The first-order valence-corrected chi connectivity index (χ1v) is 12.4. The Morgan fingerprint density at radius 2 is 1.61 bits per heavy atom. The molecule has 1 aliphatic rings. The minimum absolute atomic E-state index is 0.165. The van der Waals surface area contributed by atoms with Crippen LogP contribution in [-0.2, 0) is 11.2 Å². The van der Waals surface area contributed by atoms with Crippen LogP contribution in [0.1, 0.15) is 38.3 Å². The van der Waals surface area contributed by atoms with E-state index in [1.807, 2.05) is 35.7 Å². The number of ether oxygens (including phenoxy) is 4. The van der Waals surface area contributed by atoms with Crippen molar-refractivity contribution in [2.45, 2.75) is 18.4 Å². The molecule has 0 fully saturated rings. The molecule has 2 aromatic carbocycles. The summed E-state index contributed by atoms with van der Waals surface area (Å²) in [5, 5.41) is 5.03. The van der Waals surface area contributed by atoms with Gasteiger partial charge in [0.25, 0.3) is 5.91 Å². The van der Waals surface area contributed by atoms with Gasteiger partial charge in [0.1, 0.15) is 0 Å². The SMILES string of the molecule is COc1ccc(CCNC(=O)[C@@H]2c3cc(OC)c(OC)cc3C(=O)N(C)[C@@H]2c2cccs2)cc1OC. The molecule has 1 aliphatic heterocycles. The minimum Gasteiger partial charge on any atom is -0.493 e. The Hall–Kier alpha value is -3.72. The quantitative estimate of drug-likeness (QED) is 0.468. The Morgan fingerprint density at radius 3 is 2.25 bits per heavy atom. The Bertz CT molecular complexity index is 1240. The highest BCUT2D eigenvalue weighted by molar-refractivity contribution is 7.10. The first kappa shape index (κ1) is 25.4. The summed E-state index contributed by atoms with van der Waals surface area (Å²) >= 11 is 1.52. The average Bonchev–Trinajstić information content (AvgIpc) is 3.44. The van der Waals surface area contributed by atoms with Crippen LogP contribution in [0, 0.1) is 0 Å². The molecule has 36 heavy (non-hydrogen) atoms. The summed E-state index contributed by atoms with van der Waals surface area (Å²) < 4.78 is 21.6. The van der Waals surface area contributed by atoms with E-state index in [1.165, 1.54) is 25.6 Å². The molecule has 0 saturated carbocycles. The van der Waals surface area contributed by atoms with Gasteiger partial charge in [0.05, 0.1) is 40.4 Å². The largest absolute Gasteiger partial charge is 0.493 e. The van der Waals surface area contributed by atoms with Crippen molar-refractivity contribution in [3.8, 4) is 23.0 Å².